The third-order valence-electron chi connectivity index (χ3n) is 11.1. The summed E-state index contributed by atoms with van der Waals surface area (Å²) < 4.78 is 11.5. The van der Waals surface area contributed by atoms with Crippen molar-refractivity contribution in [1.29, 1.82) is 0 Å². The molecule has 0 aliphatic carbocycles. The first kappa shape index (κ1) is 32.9. The number of hydrogen-bond donors (Lipinski definition) is 0. The van der Waals surface area contributed by atoms with Gasteiger partial charge in [0.05, 0.1) is 40.6 Å². The van der Waals surface area contributed by atoms with Crippen molar-refractivity contribution in [3.63, 3.8) is 0 Å². The molecule has 270 valence electrons. The van der Waals surface area contributed by atoms with Crippen LogP contribution in [0.5, 0.6) is 11.5 Å². The molecule has 10 rings (SSSR count). The molecule has 1 aliphatic rings. The van der Waals surface area contributed by atoms with E-state index in [1.54, 1.807) is 6.33 Å². The van der Waals surface area contributed by atoms with E-state index in [0.717, 1.165) is 62.0 Å². The zero-order chi connectivity index (χ0) is 37.6. The van der Waals surface area contributed by atoms with Crippen molar-refractivity contribution in [3.8, 4) is 23.0 Å². The number of ether oxygens (including phenoxy) is 1. The molecule has 0 spiro atoms. The zero-order valence-corrected chi connectivity index (χ0v) is 31.9. The third-order valence-corrected chi connectivity index (χ3v) is 11.1. The van der Waals surface area contributed by atoms with E-state index >= 15 is 0 Å². The maximum Gasteiger partial charge on any atom is 0.157 e. The van der Waals surface area contributed by atoms with Gasteiger partial charge in [0.15, 0.2) is 5.82 Å². The average molecular weight is 720 g/mol. The van der Waals surface area contributed by atoms with Crippen LogP contribution in [0, 0.1) is 13.8 Å². The summed E-state index contributed by atoms with van der Waals surface area (Å²) in [4.78, 5) is 18.3. The summed E-state index contributed by atoms with van der Waals surface area (Å²) in [6.07, 6.45) is 5.42. The van der Waals surface area contributed by atoms with Crippen LogP contribution in [0.2, 0.25) is 0 Å². The highest BCUT2D eigenvalue weighted by Crippen LogP contribution is 2.43. The van der Waals surface area contributed by atoms with Crippen molar-refractivity contribution in [2.24, 2.45) is 0 Å². The van der Waals surface area contributed by atoms with E-state index in [9.17, 15) is 0 Å². The molecule has 0 saturated carbocycles. The number of benzene rings is 5. The normalized spacial score (nSPS) is 13.1. The van der Waals surface area contributed by atoms with Gasteiger partial charge in [0.2, 0.25) is 0 Å². The Bertz CT molecular complexity index is 2930. The lowest BCUT2D eigenvalue weighted by Gasteiger charge is -2.25. The second-order valence-electron chi connectivity index (χ2n) is 15.7. The fourth-order valence-electron chi connectivity index (χ4n) is 8.39. The molecule has 9 aromatic rings. The van der Waals surface area contributed by atoms with Crippen LogP contribution < -0.4 is 14.5 Å². The van der Waals surface area contributed by atoms with E-state index in [4.69, 9.17) is 9.72 Å². The molecule has 0 radical (unpaired) electrons. The van der Waals surface area contributed by atoms with Crippen LogP contribution in [0.4, 0.5) is 17.2 Å². The first-order chi connectivity index (χ1) is 26.6. The van der Waals surface area contributed by atoms with Gasteiger partial charge >= 0.3 is 0 Å². The first-order valence-electron chi connectivity index (χ1n) is 18.8. The van der Waals surface area contributed by atoms with Crippen molar-refractivity contribution in [1.82, 2.24) is 24.1 Å². The maximum atomic E-state index is 6.82. The Kier molecular flexibility index (Phi) is 7.29. The third kappa shape index (κ3) is 5.23. The van der Waals surface area contributed by atoms with E-state index in [2.05, 4.69) is 180 Å². The number of nitrogens with zero attached hydrogens (tertiary/aromatic N) is 7. The zero-order valence-electron chi connectivity index (χ0n) is 31.9. The van der Waals surface area contributed by atoms with Gasteiger partial charge in [-0.3, -0.25) is 4.57 Å². The molecular formula is C47H41N7O. The molecule has 0 atom stereocenters. The second-order valence-corrected chi connectivity index (χ2v) is 15.7. The minimum absolute atomic E-state index is 0.101. The Labute approximate surface area is 319 Å². The SMILES string of the molecule is Cc1cccc2c3cccc(C)c3n(-c3ccnc(-n4c5ccccc5c5ccc(Oc6cc(N7CN(C)c8ncncc87)cc(C(C)(C)C)c6)cc54)c3)c12. The van der Waals surface area contributed by atoms with Crippen molar-refractivity contribution >= 4 is 60.8 Å². The van der Waals surface area contributed by atoms with Crippen LogP contribution in [0.3, 0.4) is 0 Å². The average Bonchev–Trinajstić information content (AvgIpc) is 3.83. The number of rotatable bonds is 5. The van der Waals surface area contributed by atoms with Crippen LogP contribution in [0.15, 0.2) is 128 Å². The predicted octanol–water partition coefficient (Wildman–Crippen LogP) is 11.3. The molecule has 5 heterocycles. The first-order valence-corrected chi connectivity index (χ1v) is 18.8. The van der Waals surface area contributed by atoms with Crippen molar-refractivity contribution in [2.75, 3.05) is 23.5 Å². The summed E-state index contributed by atoms with van der Waals surface area (Å²) in [6.45, 7) is 11.8. The molecule has 8 nitrogen and oxygen atoms in total. The summed E-state index contributed by atoms with van der Waals surface area (Å²) in [6, 6.07) is 39.0. The molecule has 1 aliphatic heterocycles. The molecular weight excluding hydrogens is 679 g/mol. The van der Waals surface area contributed by atoms with Gasteiger partial charge in [-0.1, -0.05) is 75.4 Å². The second kappa shape index (κ2) is 12.2. The van der Waals surface area contributed by atoms with E-state index in [0.29, 0.717) is 6.67 Å². The van der Waals surface area contributed by atoms with E-state index in [1.807, 2.05) is 12.4 Å². The Hall–Kier alpha value is -6.67. The molecule has 0 amide bonds. The highest BCUT2D eigenvalue weighted by atomic mass is 16.5. The van der Waals surface area contributed by atoms with Crippen LogP contribution in [-0.4, -0.2) is 37.8 Å². The number of aryl methyl sites for hydroxylation is 2. The summed E-state index contributed by atoms with van der Waals surface area (Å²) in [5.41, 5.74) is 11.2. The van der Waals surface area contributed by atoms with Gasteiger partial charge in [0.1, 0.15) is 29.3 Å². The van der Waals surface area contributed by atoms with E-state index in [1.165, 1.54) is 38.5 Å². The summed E-state index contributed by atoms with van der Waals surface area (Å²) in [7, 11) is 2.06. The number of anilines is 3. The van der Waals surface area contributed by atoms with Crippen LogP contribution >= 0.6 is 0 Å². The minimum Gasteiger partial charge on any atom is -0.457 e. The van der Waals surface area contributed by atoms with Crippen LogP contribution in [-0.2, 0) is 5.41 Å². The van der Waals surface area contributed by atoms with Crippen LogP contribution in [0.1, 0.15) is 37.5 Å². The maximum absolute atomic E-state index is 6.82. The number of pyridine rings is 1. The molecule has 0 N–H and O–H groups in total. The molecule has 4 aromatic heterocycles. The Morgan fingerprint density at radius 3 is 2.13 bits per heavy atom. The van der Waals surface area contributed by atoms with Gasteiger partial charge in [-0.05, 0) is 72.4 Å². The molecule has 0 saturated heterocycles. The lowest BCUT2D eigenvalue weighted by atomic mass is 9.86. The minimum atomic E-state index is -0.101. The van der Waals surface area contributed by atoms with Crippen LogP contribution in [0.25, 0.3) is 55.1 Å². The monoisotopic (exact) mass is 719 g/mol. The van der Waals surface area contributed by atoms with Crippen molar-refractivity contribution in [3.05, 3.63) is 145 Å². The number of fused-ring (bicyclic) bond motifs is 7. The molecule has 0 unspecified atom stereocenters. The Morgan fingerprint density at radius 2 is 1.36 bits per heavy atom. The van der Waals surface area contributed by atoms with Gasteiger partial charge in [0, 0.05) is 58.7 Å². The molecule has 0 fully saturated rings. The predicted molar refractivity (Wildman–Crippen MR) is 225 cm³/mol. The fourth-order valence-corrected chi connectivity index (χ4v) is 8.39. The molecule has 0 bridgehead atoms. The smallest absolute Gasteiger partial charge is 0.157 e. The van der Waals surface area contributed by atoms with Crippen molar-refractivity contribution < 1.29 is 4.74 Å². The number of para-hydroxylation sites is 3. The quantitative estimate of drug-likeness (QED) is 0.176. The van der Waals surface area contributed by atoms with Gasteiger partial charge in [0.25, 0.3) is 0 Å². The van der Waals surface area contributed by atoms with Crippen molar-refractivity contribution in [2.45, 2.75) is 40.0 Å². The van der Waals surface area contributed by atoms with Gasteiger partial charge < -0.3 is 19.1 Å². The van der Waals surface area contributed by atoms with Gasteiger partial charge in [-0.25, -0.2) is 15.0 Å². The Morgan fingerprint density at radius 1 is 0.636 bits per heavy atom. The molecule has 55 heavy (non-hydrogen) atoms. The lowest BCUT2D eigenvalue weighted by molar-refractivity contribution is 0.479. The van der Waals surface area contributed by atoms with Gasteiger partial charge in [-0.15, -0.1) is 0 Å². The summed E-state index contributed by atoms with van der Waals surface area (Å²) in [5.74, 6) is 3.28. The fraction of sp³-hybridized carbons (Fsp3) is 0.170. The lowest BCUT2D eigenvalue weighted by Crippen LogP contribution is -2.24. The molecule has 5 aromatic carbocycles. The number of aromatic nitrogens is 5. The highest BCUT2D eigenvalue weighted by Gasteiger charge is 2.28. The Balaban J connectivity index is 1.12. The highest BCUT2D eigenvalue weighted by molar-refractivity contribution is 6.12. The molecule has 8 heteroatoms. The van der Waals surface area contributed by atoms with E-state index < -0.39 is 0 Å². The standard InChI is InChI=1S/C47H41N7O/c1-29-11-9-14-38-39-15-10-12-30(2)45(39)53(44(29)38)32-19-20-49-43(24-32)54-40-16-8-7-13-36(40)37-18-17-34(25-41(37)54)55-35-22-31(47(3,4)5)21-33(23-35)52-28-51(6)46-42(52)26-48-27-50-46/h7-27H,28H2,1-6H3. The van der Waals surface area contributed by atoms with E-state index in [-0.39, 0.29) is 5.41 Å². The number of hydrogen-bond acceptors (Lipinski definition) is 6. The topological polar surface area (TPSA) is 64.2 Å². The van der Waals surface area contributed by atoms with Gasteiger partial charge in [-0.2, -0.15) is 0 Å². The largest absolute Gasteiger partial charge is 0.457 e. The summed E-state index contributed by atoms with van der Waals surface area (Å²) >= 11 is 0. The summed E-state index contributed by atoms with van der Waals surface area (Å²) in [5, 5.41) is 4.81.